The van der Waals surface area contributed by atoms with Crippen LogP contribution in [0.5, 0.6) is 5.75 Å². The zero-order valence-corrected chi connectivity index (χ0v) is 25.4. The fraction of sp³-hybridized carbons (Fsp3) is 0.375. The highest BCUT2D eigenvalue weighted by Gasteiger charge is 2.33. The van der Waals surface area contributed by atoms with E-state index in [4.69, 9.17) is 4.74 Å². The second kappa shape index (κ2) is 14.7. The average molecular weight is 580 g/mol. The minimum Gasteiger partial charge on any atom is -0.497 e. The maximum atomic E-state index is 14.1. The van der Waals surface area contributed by atoms with E-state index in [9.17, 15) is 18.0 Å². The largest absolute Gasteiger partial charge is 0.497 e. The van der Waals surface area contributed by atoms with Crippen molar-refractivity contribution in [2.24, 2.45) is 0 Å². The number of nitrogens with zero attached hydrogens (tertiary/aromatic N) is 2. The number of carbonyl (C=O) groups is 2. The molecule has 0 saturated carbocycles. The first-order valence-electron chi connectivity index (χ1n) is 14.0. The van der Waals surface area contributed by atoms with Crippen molar-refractivity contribution in [2.75, 3.05) is 24.5 Å². The SMILES string of the molecule is CCCCNC(=O)[C@H](CC)N(Cc1cccc(C)c1)C(=O)CN(c1cccc(OC)c1)S(=O)(=O)c1ccc(C)cc1. The van der Waals surface area contributed by atoms with Crippen LogP contribution in [0, 0.1) is 13.8 Å². The van der Waals surface area contributed by atoms with Crippen LogP contribution in [-0.2, 0) is 26.2 Å². The third-order valence-electron chi connectivity index (χ3n) is 6.88. The first kappa shape index (κ1) is 31.7. The topological polar surface area (TPSA) is 96.0 Å². The van der Waals surface area contributed by atoms with Crippen molar-refractivity contribution in [1.29, 1.82) is 0 Å². The lowest BCUT2D eigenvalue weighted by Crippen LogP contribution is -2.52. The number of carbonyl (C=O) groups excluding carboxylic acids is 2. The lowest BCUT2D eigenvalue weighted by Gasteiger charge is -2.33. The predicted octanol–water partition coefficient (Wildman–Crippen LogP) is 5.23. The number of anilines is 1. The Kier molecular flexibility index (Phi) is 11.3. The van der Waals surface area contributed by atoms with Gasteiger partial charge in [-0.1, -0.05) is 73.9 Å². The van der Waals surface area contributed by atoms with E-state index in [0.29, 0.717) is 18.7 Å². The van der Waals surface area contributed by atoms with Crippen molar-refractivity contribution in [2.45, 2.75) is 64.4 Å². The molecule has 3 aromatic carbocycles. The van der Waals surface area contributed by atoms with Crippen LogP contribution in [-0.4, -0.2) is 51.4 Å². The summed E-state index contributed by atoms with van der Waals surface area (Å²) >= 11 is 0. The molecule has 0 heterocycles. The van der Waals surface area contributed by atoms with Gasteiger partial charge in [0.15, 0.2) is 0 Å². The van der Waals surface area contributed by atoms with Crippen LogP contribution in [0.2, 0.25) is 0 Å². The molecule has 8 nitrogen and oxygen atoms in total. The van der Waals surface area contributed by atoms with E-state index in [-0.39, 0.29) is 23.0 Å². The average Bonchev–Trinajstić information content (AvgIpc) is 2.96. The summed E-state index contributed by atoms with van der Waals surface area (Å²) < 4.78 is 34.4. The molecule has 1 atom stereocenters. The fourth-order valence-corrected chi connectivity index (χ4v) is 5.97. The lowest BCUT2D eigenvalue weighted by atomic mass is 10.1. The van der Waals surface area contributed by atoms with Gasteiger partial charge in [-0.25, -0.2) is 8.42 Å². The van der Waals surface area contributed by atoms with Crippen molar-refractivity contribution < 1.29 is 22.7 Å². The minimum atomic E-state index is -4.14. The van der Waals surface area contributed by atoms with Crippen molar-refractivity contribution >= 4 is 27.5 Å². The molecule has 0 aliphatic carbocycles. The number of aryl methyl sites for hydroxylation is 2. The molecule has 0 aliphatic rings. The summed E-state index contributed by atoms with van der Waals surface area (Å²) in [5.74, 6) is -0.281. The van der Waals surface area contributed by atoms with Gasteiger partial charge < -0.3 is 15.0 Å². The number of methoxy groups -OCH3 is 1. The van der Waals surface area contributed by atoms with Gasteiger partial charge >= 0.3 is 0 Å². The molecule has 220 valence electrons. The highest BCUT2D eigenvalue weighted by Crippen LogP contribution is 2.28. The Morgan fingerprint density at radius 2 is 1.63 bits per heavy atom. The lowest BCUT2D eigenvalue weighted by molar-refractivity contribution is -0.140. The molecule has 0 radical (unpaired) electrons. The highest BCUT2D eigenvalue weighted by molar-refractivity contribution is 7.92. The molecule has 0 bridgehead atoms. The zero-order chi connectivity index (χ0) is 30.0. The number of unbranched alkanes of at least 4 members (excludes halogenated alkanes) is 1. The monoisotopic (exact) mass is 579 g/mol. The van der Waals surface area contributed by atoms with Crippen LogP contribution in [0.4, 0.5) is 5.69 Å². The predicted molar refractivity (Wildman–Crippen MR) is 162 cm³/mol. The second-order valence-corrected chi connectivity index (χ2v) is 12.0. The van der Waals surface area contributed by atoms with Gasteiger partial charge in [-0.05, 0) is 56.5 Å². The first-order valence-corrected chi connectivity index (χ1v) is 15.4. The van der Waals surface area contributed by atoms with Crippen LogP contribution < -0.4 is 14.4 Å². The number of hydrogen-bond acceptors (Lipinski definition) is 5. The Labute approximate surface area is 244 Å². The van der Waals surface area contributed by atoms with E-state index in [1.54, 1.807) is 36.4 Å². The zero-order valence-electron chi connectivity index (χ0n) is 24.6. The van der Waals surface area contributed by atoms with E-state index in [1.165, 1.54) is 24.1 Å². The number of amides is 2. The van der Waals surface area contributed by atoms with E-state index in [2.05, 4.69) is 5.32 Å². The molecule has 2 amide bonds. The third kappa shape index (κ3) is 8.33. The summed E-state index contributed by atoms with van der Waals surface area (Å²) in [5.41, 5.74) is 3.08. The van der Waals surface area contributed by atoms with Crippen LogP contribution >= 0.6 is 0 Å². The van der Waals surface area contributed by atoms with Gasteiger partial charge in [0.05, 0.1) is 17.7 Å². The van der Waals surface area contributed by atoms with Crippen molar-refractivity contribution in [1.82, 2.24) is 10.2 Å². The van der Waals surface area contributed by atoms with E-state index in [1.807, 2.05) is 52.0 Å². The van der Waals surface area contributed by atoms with Crippen molar-refractivity contribution in [3.63, 3.8) is 0 Å². The Bertz CT molecular complexity index is 1420. The van der Waals surface area contributed by atoms with Gasteiger partial charge in [-0.2, -0.15) is 0 Å². The standard InChI is InChI=1S/C32H41N3O5S/c1-6-8-19-33-32(37)30(7-2)34(22-26-12-9-11-25(4)20-26)31(36)23-35(27-13-10-14-28(21-27)40-5)41(38,39)29-17-15-24(3)16-18-29/h9-18,20-21,30H,6-8,19,22-23H2,1-5H3,(H,33,37)/t30-/m0/s1. The maximum absolute atomic E-state index is 14.1. The highest BCUT2D eigenvalue weighted by atomic mass is 32.2. The summed E-state index contributed by atoms with van der Waals surface area (Å²) in [5, 5.41) is 2.95. The maximum Gasteiger partial charge on any atom is 0.264 e. The molecular formula is C32H41N3O5S. The molecule has 1 N–H and O–H groups in total. The van der Waals surface area contributed by atoms with Gasteiger partial charge in [-0.15, -0.1) is 0 Å². The minimum absolute atomic E-state index is 0.0632. The molecule has 0 aliphatic heterocycles. The van der Waals surface area contributed by atoms with Crippen LogP contribution in [0.25, 0.3) is 0 Å². The van der Waals surface area contributed by atoms with Crippen LogP contribution in [0.15, 0.2) is 77.7 Å². The van der Waals surface area contributed by atoms with Gasteiger partial charge in [0.2, 0.25) is 11.8 Å². The molecule has 9 heteroatoms. The summed E-state index contributed by atoms with van der Waals surface area (Å²) in [6, 6.07) is 20.1. The van der Waals surface area contributed by atoms with Gasteiger partial charge in [0, 0.05) is 19.2 Å². The van der Waals surface area contributed by atoms with Gasteiger partial charge in [0.1, 0.15) is 18.3 Å². The summed E-state index contributed by atoms with van der Waals surface area (Å²) in [4.78, 5) is 29.0. The van der Waals surface area contributed by atoms with Crippen molar-refractivity contribution in [3.8, 4) is 5.75 Å². The fourth-order valence-electron chi connectivity index (χ4n) is 4.56. The second-order valence-electron chi connectivity index (χ2n) is 10.1. The normalized spacial score (nSPS) is 11.9. The number of nitrogens with one attached hydrogen (secondary N) is 1. The van der Waals surface area contributed by atoms with Crippen LogP contribution in [0.1, 0.15) is 49.8 Å². The number of rotatable bonds is 14. The summed E-state index contributed by atoms with van der Waals surface area (Å²) in [6.45, 7) is 7.91. The van der Waals surface area contributed by atoms with Crippen LogP contribution in [0.3, 0.4) is 0 Å². The Morgan fingerprint density at radius 1 is 0.927 bits per heavy atom. The van der Waals surface area contributed by atoms with Crippen molar-refractivity contribution in [3.05, 3.63) is 89.5 Å². The number of benzene rings is 3. The molecular weight excluding hydrogens is 538 g/mol. The summed E-state index contributed by atoms with van der Waals surface area (Å²) in [6.07, 6.45) is 2.13. The number of hydrogen-bond donors (Lipinski definition) is 1. The molecule has 3 aromatic rings. The van der Waals surface area contributed by atoms with E-state index in [0.717, 1.165) is 33.8 Å². The van der Waals surface area contributed by atoms with Gasteiger partial charge in [-0.3, -0.25) is 13.9 Å². The smallest absolute Gasteiger partial charge is 0.264 e. The number of sulfonamides is 1. The molecule has 3 rings (SSSR count). The first-order chi connectivity index (χ1) is 19.6. The Hall–Kier alpha value is -3.85. The molecule has 0 fully saturated rings. The van der Waals surface area contributed by atoms with E-state index < -0.39 is 28.5 Å². The third-order valence-corrected chi connectivity index (χ3v) is 8.67. The molecule has 0 unspecified atom stereocenters. The molecule has 41 heavy (non-hydrogen) atoms. The summed E-state index contributed by atoms with van der Waals surface area (Å²) in [7, 11) is -2.65. The van der Waals surface area contributed by atoms with Gasteiger partial charge in [0.25, 0.3) is 10.0 Å². The quantitative estimate of drug-likeness (QED) is 0.264. The Balaban J connectivity index is 2.05. The molecule has 0 aromatic heterocycles. The molecule has 0 saturated heterocycles. The van der Waals surface area contributed by atoms with E-state index >= 15 is 0 Å². The molecule has 0 spiro atoms. The number of ether oxygens (including phenoxy) is 1. The Morgan fingerprint density at radius 3 is 2.27 bits per heavy atom.